The molecule has 0 heterocycles. The van der Waals surface area contributed by atoms with Crippen molar-refractivity contribution in [3.63, 3.8) is 0 Å². The van der Waals surface area contributed by atoms with Gasteiger partial charge in [0.05, 0.1) is 0 Å². The second kappa shape index (κ2) is 5.65. The van der Waals surface area contributed by atoms with Gasteiger partial charge in [0.25, 0.3) is 0 Å². The van der Waals surface area contributed by atoms with Crippen LogP contribution in [0.4, 0.5) is 0 Å². The van der Waals surface area contributed by atoms with Gasteiger partial charge in [-0.2, -0.15) is 0 Å². The number of ether oxygens (including phenoxy) is 1. The summed E-state index contributed by atoms with van der Waals surface area (Å²) < 4.78 is 4.99. The number of rotatable bonds is 4. The first-order valence-electron chi connectivity index (χ1n) is 4.64. The highest BCUT2D eigenvalue weighted by Crippen LogP contribution is 2.18. The van der Waals surface area contributed by atoms with Gasteiger partial charge in [0.1, 0.15) is 6.10 Å². The zero-order valence-electron chi connectivity index (χ0n) is 8.59. The molecule has 0 spiro atoms. The molecular weight excluding hydrogens is 276 g/mol. The van der Waals surface area contributed by atoms with Crippen LogP contribution in [-0.4, -0.2) is 21.9 Å². The first kappa shape index (κ1) is 12.7. The third-order valence-corrected chi connectivity index (χ3v) is 2.75. The maximum Gasteiger partial charge on any atom is 0.331 e. The number of carbonyl (C=O) groups excluding carboxylic acids is 1. The molecule has 1 aromatic rings. The normalized spacial score (nSPS) is 13.9. The van der Waals surface area contributed by atoms with Crippen molar-refractivity contribution in [3.05, 3.63) is 35.9 Å². The summed E-state index contributed by atoms with van der Waals surface area (Å²) in [4.78, 5) is 20.5. The Bertz CT molecular complexity index is 377. The number of benzene rings is 1. The second-order valence-corrected chi connectivity index (χ2v) is 4.11. The van der Waals surface area contributed by atoms with Gasteiger partial charge in [-0.1, -0.05) is 46.3 Å². The Balaban J connectivity index is 2.62. The average Bonchev–Trinajstić information content (AvgIpc) is 2.28. The quantitative estimate of drug-likeness (QED) is 0.523. The summed E-state index contributed by atoms with van der Waals surface area (Å²) in [6.07, 6.45) is -0.465. The molecule has 0 aliphatic carbocycles. The van der Waals surface area contributed by atoms with Crippen molar-refractivity contribution < 1.29 is 19.4 Å². The number of esters is 1. The van der Waals surface area contributed by atoms with E-state index in [1.807, 2.05) is 30.3 Å². The van der Waals surface area contributed by atoms with Gasteiger partial charge >= 0.3 is 11.9 Å². The minimum absolute atomic E-state index is 0.465. The molecule has 1 rings (SSSR count). The lowest BCUT2D eigenvalue weighted by molar-refractivity contribution is -0.153. The zero-order valence-corrected chi connectivity index (χ0v) is 10.2. The molecule has 16 heavy (non-hydrogen) atoms. The minimum atomic E-state index is -1.32. The largest absolute Gasteiger partial charge is 0.480 e. The first-order valence-corrected chi connectivity index (χ1v) is 5.56. The Hall–Kier alpha value is -1.36. The van der Waals surface area contributed by atoms with Gasteiger partial charge in [-0.15, -0.1) is 0 Å². The van der Waals surface area contributed by atoms with Crippen LogP contribution in [-0.2, 0) is 14.3 Å². The van der Waals surface area contributed by atoms with E-state index in [1.54, 1.807) is 6.92 Å². The Labute approximate surface area is 101 Å². The van der Waals surface area contributed by atoms with Gasteiger partial charge in [-0.25, -0.2) is 0 Å². The Morgan fingerprint density at radius 1 is 1.31 bits per heavy atom. The lowest BCUT2D eigenvalue weighted by Gasteiger charge is -2.14. The molecule has 0 saturated heterocycles. The topological polar surface area (TPSA) is 63.6 Å². The van der Waals surface area contributed by atoms with Crippen LogP contribution in [0, 0.1) is 0 Å². The molecule has 0 aliphatic heterocycles. The van der Waals surface area contributed by atoms with Gasteiger partial charge in [0.15, 0.2) is 0 Å². The molecule has 1 aromatic carbocycles. The molecule has 2 atom stereocenters. The van der Waals surface area contributed by atoms with E-state index in [1.165, 1.54) is 0 Å². The Morgan fingerprint density at radius 3 is 2.38 bits per heavy atom. The summed E-state index contributed by atoms with van der Waals surface area (Å²) in [6.45, 7) is 1.69. The molecule has 5 heteroatoms. The summed E-state index contributed by atoms with van der Waals surface area (Å²) >= 11 is 2.73. The number of halogens is 1. The first-order chi connectivity index (χ1) is 7.52. The monoisotopic (exact) mass is 286 g/mol. The van der Waals surface area contributed by atoms with E-state index in [2.05, 4.69) is 15.9 Å². The van der Waals surface area contributed by atoms with Gasteiger partial charge in [0.2, 0.25) is 4.83 Å². The third kappa shape index (κ3) is 3.34. The summed E-state index contributed by atoms with van der Waals surface area (Å²) in [7, 11) is 0. The fourth-order valence-corrected chi connectivity index (χ4v) is 1.23. The van der Waals surface area contributed by atoms with Crippen molar-refractivity contribution in [1.82, 2.24) is 0 Å². The van der Waals surface area contributed by atoms with Crippen molar-refractivity contribution in [3.8, 4) is 0 Å². The molecule has 0 aromatic heterocycles. The van der Waals surface area contributed by atoms with E-state index in [0.717, 1.165) is 5.56 Å². The van der Waals surface area contributed by atoms with Crippen LogP contribution < -0.4 is 0 Å². The highest BCUT2D eigenvalue weighted by atomic mass is 79.9. The fourth-order valence-electron chi connectivity index (χ4n) is 1.13. The Morgan fingerprint density at radius 2 is 1.88 bits per heavy atom. The van der Waals surface area contributed by atoms with Gasteiger partial charge < -0.3 is 9.84 Å². The number of hydrogen-bond donors (Lipinski definition) is 1. The molecule has 0 amide bonds. The summed E-state index contributed by atoms with van der Waals surface area (Å²) in [6, 6.07) is 9.11. The van der Waals surface area contributed by atoms with E-state index in [4.69, 9.17) is 9.84 Å². The second-order valence-electron chi connectivity index (χ2n) is 3.19. The molecule has 86 valence electrons. The van der Waals surface area contributed by atoms with E-state index >= 15 is 0 Å². The van der Waals surface area contributed by atoms with Crippen LogP contribution in [0.3, 0.4) is 0 Å². The lowest BCUT2D eigenvalue weighted by atomic mass is 10.1. The number of carboxylic acids is 1. The van der Waals surface area contributed by atoms with Crippen molar-refractivity contribution in [2.24, 2.45) is 0 Å². The summed E-state index contributed by atoms with van der Waals surface area (Å²) in [5, 5.41) is 8.59. The number of carbonyl (C=O) groups is 2. The predicted octanol–water partition coefficient (Wildman–Crippen LogP) is 2.14. The van der Waals surface area contributed by atoms with Crippen molar-refractivity contribution in [2.45, 2.75) is 17.9 Å². The van der Waals surface area contributed by atoms with Crippen LogP contribution >= 0.6 is 15.9 Å². The van der Waals surface area contributed by atoms with E-state index in [-0.39, 0.29) is 0 Å². The minimum Gasteiger partial charge on any atom is -0.480 e. The third-order valence-electron chi connectivity index (χ3n) is 1.99. The van der Waals surface area contributed by atoms with Crippen LogP contribution in [0.25, 0.3) is 0 Å². The zero-order chi connectivity index (χ0) is 12.1. The van der Waals surface area contributed by atoms with Crippen LogP contribution in [0.1, 0.15) is 18.6 Å². The van der Waals surface area contributed by atoms with Crippen molar-refractivity contribution in [1.29, 1.82) is 0 Å². The molecule has 0 saturated carbocycles. The standard InChI is InChI=1S/C11H11BrO4/c1-7(8-5-3-2-4-6-8)16-11(15)9(12)10(13)14/h2-7,9H,1H3,(H,13,14). The lowest BCUT2D eigenvalue weighted by Crippen LogP contribution is -2.26. The predicted molar refractivity (Wildman–Crippen MR) is 61.3 cm³/mol. The van der Waals surface area contributed by atoms with E-state index < -0.39 is 22.9 Å². The molecular formula is C11H11BrO4. The Kier molecular flexibility index (Phi) is 4.49. The number of aliphatic carboxylic acids is 1. The number of hydrogen-bond acceptors (Lipinski definition) is 3. The number of carboxylic acid groups (broad SMARTS) is 1. The maximum absolute atomic E-state index is 11.3. The SMILES string of the molecule is CC(OC(=O)C(Br)C(=O)O)c1ccccc1. The summed E-state index contributed by atoms with van der Waals surface area (Å²) in [5.74, 6) is -2.06. The average molecular weight is 287 g/mol. The van der Waals surface area contributed by atoms with Gasteiger partial charge in [-0.05, 0) is 12.5 Å². The molecule has 0 bridgehead atoms. The van der Waals surface area contributed by atoms with Gasteiger partial charge in [0, 0.05) is 0 Å². The highest BCUT2D eigenvalue weighted by molar-refractivity contribution is 9.10. The molecule has 0 aliphatic rings. The van der Waals surface area contributed by atoms with Crippen LogP contribution in [0.2, 0.25) is 0 Å². The van der Waals surface area contributed by atoms with Gasteiger partial charge in [-0.3, -0.25) is 9.59 Å². The highest BCUT2D eigenvalue weighted by Gasteiger charge is 2.26. The van der Waals surface area contributed by atoms with Crippen LogP contribution in [0.15, 0.2) is 30.3 Å². The molecule has 1 N–H and O–H groups in total. The summed E-state index contributed by atoms with van der Waals surface area (Å²) in [5.41, 5.74) is 0.820. The van der Waals surface area contributed by atoms with Crippen molar-refractivity contribution in [2.75, 3.05) is 0 Å². The van der Waals surface area contributed by atoms with Crippen molar-refractivity contribution >= 4 is 27.9 Å². The number of alkyl halides is 1. The maximum atomic E-state index is 11.3. The van der Waals surface area contributed by atoms with E-state index in [9.17, 15) is 9.59 Å². The smallest absolute Gasteiger partial charge is 0.331 e. The molecule has 0 radical (unpaired) electrons. The van der Waals surface area contributed by atoms with E-state index in [0.29, 0.717) is 0 Å². The van der Waals surface area contributed by atoms with Crippen LogP contribution in [0.5, 0.6) is 0 Å². The molecule has 2 unspecified atom stereocenters. The fraction of sp³-hybridized carbons (Fsp3) is 0.273. The molecule has 4 nitrogen and oxygen atoms in total. The molecule has 0 fully saturated rings.